The Morgan fingerprint density at radius 3 is 2.54 bits per heavy atom. The second kappa shape index (κ2) is 7.63. The first-order valence-electron chi connectivity index (χ1n) is 8.49. The highest BCUT2D eigenvalue weighted by Gasteiger charge is 2.38. The summed E-state index contributed by atoms with van der Waals surface area (Å²) in [6.07, 6.45) is -3.63. The Morgan fingerprint density at radius 1 is 1.21 bits per heavy atom. The highest BCUT2D eigenvalue weighted by molar-refractivity contribution is 5.91. The number of hydrogen-bond donors (Lipinski definition) is 1. The van der Waals surface area contributed by atoms with Gasteiger partial charge >= 0.3 is 12.1 Å². The number of carbonyl (C=O) groups is 1. The van der Waals surface area contributed by atoms with Gasteiger partial charge in [-0.25, -0.2) is 0 Å². The number of nitrogens with one attached hydrogen (secondary N) is 1. The van der Waals surface area contributed by atoms with Gasteiger partial charge < -0.3 is 14.5 Å². The number of benzene rings is 1. The van der Waals surface area contributed by atoms with Crippen molar-refractivity contribution in [2.45, 2.75) is 24.4 Å². The molecule has 2 heterocycles. The third kappa shape index (κ3) is 4.16. The number of nitrogens with zero attached hydrogens (tertiary/aromatic N) is 1. The van der Waals surface area contributed by atoms with E-state index in [9.17, 15) is 28.1 Å². The Kier molecular flexibility index (Phi) is 5.41. The van der Waals surface area contributed by atoms with Crippen molar-refractivity contribution < 1.29 is 32.0 Å². The van der Waals surface area contributed by atoms with Crippen molar-refractivity contribution in [1.29, 1.82) is 0 Å². The molecular formula is C18H17F3N2O5. The van der Waals surface area contributed by atoms with Crippen LogP contribution in [0.3, 0.4) is 0 Å². The molecule has 1 aliphatic heterocycles. The third-order valence-corrected chi connectivity index (χ3v) is 4.84. The number of rotatable bonds is 5. The lowest BCUT2D eigenvalue weighted by Gasteiger charge is -2.38. The molecule has 1 aromatic heterocycles. The van der Waals surface area contributed by atoms with Crippen molar-refractivity contribution in [2.75, 3.05) is 19.8 Å². The van der Waals surface area contributed by atoms with Gasteiger partial charge in [-0.1, -0.05) is 18.2 Å². The Morgan fingerprint density at radius 2 is 1.93 bits per heavy atom. The second-order valence-corrected chi connectivity index (χ2v) is 6.55. The van der Waals surface area contributed by atoms with Crippen molar-refractivity contribution in [3.8, 4) is 0 Å². The molecule has 0 spiro atoms. The summed E-state index contributed by atoms with van der Waals surface area (Å²) in [7, 11) is 0. The molecule has 0 saturated carbocycles. The summed E-state index contributed by atoms with van der Waals surface area (Å²) in [6.45, 7) is 0.738. The zero-order chi connectivity index (χ0) is 20.4. The summed E-state index contributed by atoms with van der Waals surface area (Å²) in [6, 6.07) is 7.27. The zero-order valence-corrected chi connectivity index (χ0v) is 14.6. The molecule has 0 aliphatic carbocycles. The Hall–Kier alpha value is -2.88. The molecule has 1 aliphatic rings. The number of furan rings is 1. The van der Waals surface area contributed by atoms with Gasteiger partial charge in [0, 0.05) is 25.2 Å². The average Bonchev–Trinajstić information content (AvgIpc) is 3.17. The van der Waals surface area contributed by atoms with Crippen molar-refractivity contribution in [3.05, 3.63) is 63.4 Å². The van der Waals surface area contributed by atoms with E-state index in [4.69, 9.17) is 9.15 Å². The standard InChI is InChI=1S/C18H17F3N2O5/c19-18(20,21)13-3-1-2-12(10-13)17(6-8-27-9-7-17)11-22-16(24)14-4-5-15(28-14)23(25)26/h1-5,10H,6-9,11H2,(H,22,24). The van der Waals surface area contributed by atoms with Gasteiger partial charge in [-0.2, -0.15) is 13.2 Å². The van der Waals surface area contributed by atoms with Crippen molar-refractivity contribution in [2.24, 2.45) is 0 Å². The normalized spacial score (nSPS) is 16.5. The molecule has 1 fully saturated rings. The Balaban J connectivity index is 1.82. The molecule has 28 heavy (non-hydrogen) atoms. The van der Waals surface area contributed by atoms with Crippen LogP contribution >= 0.6 is 0 Å². The van der Waals surface area contributed by atoms with Crippen LogP contribution in [0.4, 0.5) is 19.1 Å². The van der Waals surface area contributed by atoms with Gasteiger partial charge in [0.05, 0.1) is 11.6 Å². The van der Waals surface area contributed by atoms with Gasteiger partial charge in [-0.05, 0) is 30.5 Å². The van der Waals surface area contributed by atoms with Crippen LogP contribution in [0.25, 0.3) is 0 Å². The SMILES string of the molecule is O=C(NCC1(c2cccc(C(F)(F)F)c2)CCOCC1)c1ccc([N+](=O)[O-])o1. The van der Waals surface area contributed by atoms with E-state index in [0.29, 0.717) is 31.6 Å². The van der Waals surface area contributed by atoms with Gasteiger partial charge in [0.1, 0.15) is 4.92 Å². The van der Waals surface area contributed by atoms with Crippen LogP contribution in [0, 0.1) is 10.1 Å². The van der Waals surface area contributed by atoms with Crippen LogP contribution in [-0.4, -0.2) is 30.6 Å². The number of ether oxygens (including phenoxy) is 1. The fourth-order valence-electron chi connectivity index (χ4n) is 3.24. The molecule has 10 heteroatoms. The predicted molar refractivity (Wildman–Crippen MR) is 90.9 cm³/mol. The number of halogens is 3. The molecule has 0 radical (unpaired) electrons. The van der Waals surface area contributed by atoms with Gasteiger partial charge in [0.2, 0.25) is 0 Å². The summed E-state index contributed by atoms with van der Waals surface area (Å²) in [5.74, 6) is -1.48. The monoisotopic (exact) mass is 398 g/mol. The summed E-state index contributed by atoms with van der Waals surface area (Å²) in [5, 5.41) is 13.3. The van der Waals surface area contributed by atoms with Gasteiger partial charge in [-0.3, -0.25) is 14.9 Å². The smallest absolute Gasteiger partial charge is 0.395 e. The van der Waals surface area contributed by atoms with E-state index in [1.807, 2.05) is 0 Å². The molecule has 0 unspecified atom stereocenters. The first-order valence-corrected chi connectivity index (χ1v) is 8.49. The van der Waals surface area contributed by atoms with Crippen molar-refractivity contribution >= 4 is 11.8 Å². The molecule has 1 aromatic carbocycles. The molecule has 1 saturated heterocycles. The Labute approximate surface area is 157 Å². The van der Waals surface area contributed by atoms with Gasteiger partial charge in [-0.15, -0.1) is 0 Å². The largest absolute Gasteiger partial charge is 0.433 e. The van der Waals surface area contributed by atoms with Crippen molar-refractivity contribution in [3.63, 3.8) is 0 Å². The lowest BCUT2D eigenvalue weighted by atomic mass is 9.73. The highest BCUT2D eigenvalue weighted by Crippen LogP contribution is 2.38. The molecular weight excluding hydrogens is 381 g/mol. The molecule has 3 rings (SSSR count). The van der Waals surface area contributed by atoms with Crippen molar-refractivity contribution in [1.82, 2.24) is 5.32 Å². The topological polar surface area (TPSA) is 94.6 Å². The number of carbonyl (C=O) groups excluding carboxylic acids is 1. The van der Waals surface area contributed by atoms with E-state index in [1.54, 1.807) is 6.07 Å². The van der Waals surface area contributed by atoms with Crippen LogP contribution in [-0.2, 0) is 16.3 Å². The minimum Gasteiger partial charge on any atom is -0.395 e. The molecule has 0 bridgehead atoms. The number of hydrogen-bond acceptors (Lipinski definition) is 5. The number of amides is 1. The summed E-state index contributed by atoms with van der Waals surface area (Å²) in [5.41, 5.74) is -1.05. The fraction of sp³-hybridized carbons (Fsp3) is 0.389. The molecule has 2 aromatic rings. The minimum atomic E-state index is -4.47. The first-order chi connectivity index (χ1) is 13.2. The van der Waals surface area contributed by atoms with Crippen LogP contribution in [0.1, 0.15) is 34.5 Å². The summed E-state index contributed by atoms with van der Waals surface area (Å²) in [4.78, 5) is 22.2. The van der Waals surface area contributed by atoms with E-state index in [2.05, 4.69) is 5.32 Å². The van der Waals surface area contributed by atoms with Gasteiger partial charge in [0.15, 0.2) is 5.76 Å². The average molecular weight is 398 g/mol. The third-order valence-electron chi connectivity index (χ3n) is 4.84. The number of nitro groups is 1. The van der Waals surface area contributed by atoms with E-state index in [1.165, 1.54) is 12.1 Å². The van der Waals surface area contributed by atoms with Gasteiger partial charge in [0.25, 0.3) is 5.91 Å². The van der Waals surface area contributed by atoms with Crippen LogP contribution < -0.4 is 5.32 Å². The summed E-state index contributed by atoms with van der Waals surface area (Å²) >= 11 is 0. The molecule has 7 nitrogen and oxygen atoms in total. The minimum absolute atomic E-state index is 0.0466. The molecule has 1 N–H and O–H groups in total. The molecule has 1 amide bonds. The highest BCUT2D eigenvalue weighted by atomic mass is 19.4. The van der Waals surface area contributed by atoms with Crippen LogP contribution in [0.5, 0.6) is 0 Å². The maximum atomic E-state index is 13.1. The Bertz CT molecular complexity index is 872. The van der Waals surface area contributed by atoms with E-state index in [-0.39, 0.29) is 12.3 Å². The predicted octanol–water partition coefficient (Wildman–Crippen LogP) is 3.68. The molecule has 0 atom stereocenters. The van der Waals surface area contributed by atoms with Crippen LogP contribution in [0.15, 0.2) is 40.8 Å². The maximum Gasteiger partial charge on any atom is 0.433 e. The summed E-state index contributed by atoms with van der Waals surface area (Å²) < 4.78 is 49.5. The van der Waals surface area contributed by atoms with E-state index >= 15 is 0 Å². The number of alkyl halides is 3. The quantitative estimate of drug-likeness (QED) is 0.612. The lowest BCUT2D eigenvalue weighted by Crippen LogP contribution is -2.44. The van der Waals surface area contributed by atoms with E-state index < -0.39 is 33.9 Å². The van der Waals surface area contributed by atoms with Crippen LogP contribution in [0.2, 0.25) is 0 Å². The fourth-order valence-corrected chi connectivity index (χ4v) is 3.24. The maximum absolute atomic E-state index is 13.1. The second-order valence-electron chi connectivity index (χ2n) is 6.55. The molecule has 150 valence electrons. The lowest BCUT2D eigenvalue weighted by molar-refractivity contribution is -0.402. The zero-order valence-electron chi connectivity index (χ0n) is 14.6. The van der Waals surface area contributed by atoms with E-state index in [0.717, 1.165) is 18.2 Å². The first kappa shape index (κ1) is 19.9.